The number of imidazole rings is 1. The first kappa shape index (κ1) is 21.8. The monoisotopic (exact) mass is 455 g/mol. The van der Waals surface area contributed by atoms with Gasteiger partial charge in [-0.05, 0) is 37.1 Å². The molecule has 9 nitrogen and oxygen atoms in total. The largest absolute Gasteiger partial charge is 0.425 e. The summed E-state index contributed by atoms with van der Waals surface area (Å²) < 4.78 is 10.1. The second-order valence-corrected chi connectivity index (χ2v) is 7.80. The van der Waals surface area contributed by atoms with Gasteiger partial charge in [0.2, 0.25) is 0 Å². The topological polar surface area (TPSA) is 104 Å². The number of para-hydroxylation sites is 1. The van der Waals surface area contributed by atoms with Crippen LogP contribution in [0.5, 0.6) is 11.8 Å². The Morgan fingerprint density at radius 2 is 1.91 bits per heavy atom. The highest BCUT2D eigenvalue weighted by atomic mass is 35.5. The van der Waals surface area contributed by atoms with Crippen molar-refractivity contribution < 1.29 is 9.84 Å². The van der Waals surface area contributed by atoms with Crippen LogP contribution in [0.4, 0.5) is 0 Å². The molecule has 0 saturated carbocycles. The van der Waals surface area contributed by atoms with E-state index in [-0.39, 0.29) is 43.3 Å². The molecule has 0 amide bonds. The molecule has 10 heteroatoms. The fourth-order valence-corrected chi connectivity index (χ4v) is 3.55. The maximum absolute atomic E-state index is 13.3. The van der Waals surface area contributed by atoms with E-state index in [9.17, 15) is 14.7 Å². The smallest absolute Gasteiger partial charge is 0.332 e. The minimum Gasteiger partial charge on any atom is -0.425 e. The van der Waals surface area contributed by atoms with Crippen LogP contribution >= 0.6 is 11.6 Å². The van der Waals surface area contributed by atoms with Gasteiger partial charge >= 0.3 is 11.7 Å². The van der Waals surface area contributed by atoms with Crippen molar-refractivity contribution in [2.75, 3.05) is 6.61 Å². The lowest BCUT2D eigenvalue weighted by atomic mass is 10.2. The van der Waals surface area contributed by atoms with Gasteiger partial charge in [0.15, 0.2) is 11.2 Å². The number of aromatic nitrogens is 5. The number of fused-ring (bicyclic) bond motifs is 1. The lowest BCUT2D eigenvalue weighted by Gasteiger charge is -2.12. The van der Waals surface area contributed by atoms with E-state index < -0.39 is 11.2 Å². The van der Waals surface area contributed by atoms with Gasteiger partial charge in [0, 0.05) is 26.4 Å². The summed E-state index contributed by atoms with van der Waals surface area (Å²) in [5.41, 5.74) is 0.942. The summed E-state index contributed by atoms with van der Waals surface area (Å²) in [6.07, 6.45) is 1.80. The Morgan fingerprint density at radius 3 is 2.59 bits per heavy atom. The van der Waals surface area contributed by atoms with E-state index in [4.69, 9.17) is 16.3 Å². The normalized spacial score (nSPS) is 11.2. The van der Waals surface area contributed by atoms with Gasteiger partial charge in [-0.25, -0.2) is 4.79 Å². The number of pyridine rings is 1. The zero-order valence-electron chi connectivity index (χ0n) is 17.7. The molecule has 4 rings (SSSR count). The van der Waals surface area contributed by atoms with Crippen molar-refractivity contribution in [2.24, 2.45) is 7.05 Å². The van der Waals surface area contributed by atoms with Crippen LogP contribution in [0.2, 0.25) is 5.02 Å². The van der Waals surface area contributed by atoms with E-state index in [1.807, 2.05) is 25.1 Å². The van der Waals surface area contributed by atoms with E-state index in [1.165, 1.54) is 10.8 Å². The zero-order valence-corrected chi connectivity index (χ0v) is 18.4. The first-order valence-electron chi connectivity index (χ1n) is 10.1. The summed E-state index contributed by atoms with van der Waals surface area (Å²) in [7, 11) is 1.55. The van der Waals surface area contributed by atoms with Crippen molar-refractivity contribution >= 4 is 22.8 Å². The lowest BCUT2D eigenvalue weighted by molar-refractivity contribution is 0.277. The van der Waals surface area contributed by atoms with Gasteiger partial charge in [0.25, 0.3) is 5.56 Å². The van der Waals surface area contributed by atoms with Crippen molar-refractivity contribution in [2.45, 2.75) is 26.4 Å². The van der Waals surface area contributed by atoms with Gasteiger partial charge in [-0.15, -0.1) is 0 Å². The Balaban J connectivity index is 1.95. The molecule has 0 aliphatic heterocycles. The molecule has 3 aromatic heterocycles. The van der Waals surface area contributed by atoms with Gasteiger partial charge in [-0.1, -0.05) is 29.8 Å². The fourth-order valence-electron chi connectivity index (χ4n) is 3.43. The van der Waals surface area contributed by atoms with Gasteiger partial charge < -0.3 is 9.84 Å². The molecule has 166 valence electrons. The third-order valence-corrected chi connectivity index (χ3v) is 5.36. The summed E-state index contributed by atoms with van der Waals surface area (Å²) in [4.78, 5) is 34.9. The average Bonchev–Trinajstić information content (AvgIpc) is 3.13. The standard InChI is InChI=1S/C22H22ClN5O4/c1-14-6-3-4-7-17(14)32-21-25-19-18(28(21)13-16-9-8-15(23)12-24-16)20(30)27(10-5-11-29)22(31)26(19)2/h3-4,6-9,12,29H,5,10-11,13H2,1-2H3. The molecule has 4 aromatic rings. The number of aliphatic hydroxyl groups is 1. The number of nitrogens with zero attached hydrogens (tertiary/aromatic N) is 5. The fraction of sp³-hybridized carbons (Fsp3) is 0.273. The predicted molar refractivity (Wildman–Crippen MR) is 121 cm³/mol. The second-order valence-electron chi connectivity index (χ2n) is 7.36. The van der Waals surface area contributed by atoms with E-state index in [0.717, 1.165) is 10.1 Å². The van der Waals surface area contributed by atoms with E-state index in [2.05, 4.69) is 9.97 Å². The highest BCUT2D eigenvalue weighted by Gasteiger charge is 2.22. The summed E-state index contributed by atoms with van der Waals surface area (Å²) in [6.45, 7) is 2.04. The quantitative estimate of drug-likeness (QED) is 0.459. The highest BCUT2D eigenvalue weighted by Crippen LogP contribution is 2.27. The number of aryl methyl sites for hydroxylation is 2. The van der Waals surface area contributed by atoms with Crippen molar-refractivity contribution in [3.8, 4) is 11.8 Å². The minimum absolute atomic E-state index is 0.0936. The molecule has 0 spiro atoms. The molecule has 1 N–H and O–H groups in total. The SMILES string of the molecule is Cc1ccccc1Oc1nc2c(c(=O)n(CCCO)c(=O)n2C)n1Cc1ccc(Cl)cn1. The van der Waals surface area contributed by atoms with Crippen LogP contribution < -0.4 is 16.0 Å². The van der Waals surface area contributed by atoms with Gasteiger partial charge in [-0.2, -0.15) is 4.98 Å². The maximum atomic E-state index is 13.3. The molecule has 0 radical (unpaired) electrons. The summed E-state index contributed by atoms with van der Waals surface area (Å²) >= 11 is 5.96. The average molecular weight is 456 g/mol. The van der Waals surface area contributed by atoms with Crippen molar-refractivity contribution in [1.29, 1.82) is 0 Å². The Bertz CT molecular complexity index is 1390. The molecule has 1 aromatic carbocycles. The molecule has 0 unspecified atom stereocenters. The van der Waals surface area contributed by atoms with Crippen molar-refractivity contribution in [1.82, 2.24) is 23.7 Å². The molecular formula is C22H22ClN5O4. The van der Waals surface area contributed by atoms with E-state index in [0.29, 0.717) is 16.5 Å². The molecule has 0 saturated heterocycles. The Morgan fingerprint density at radius 1 is 1.12 bits per heavy atom. The van der Waals surface area contributed by atoms with Crippen LogP contribution in [-0.4, -0.2) is 35.4 Å². The Hall–Kier alpha value is -3.43. The van der Waals surface area contributed by atoms with Gasteiger partial charge in [0.05, 0.1) is 17.3 Å². The maximum Gasteiger partial charge on any atom is 0.332 e. The van der Waals surface area contributed by atoms with Gasteiger partial charge in [-0.3, -0.25) is 23.5 Å². The molecule has 0 aliphatic rings. The van der Waals surface area contributed by atoms with E-state index in [1.54, 1.807) is 29.8 Å². The number of halogens is 1. The molecule has 0 bridgehead atoms. The first-order valence-corrected chi connectivity index (χ1v) is 10.4. The van der Waals surface area contributed by atoms with Crippen molar-refractivity contribution in [3.05, 3.63) is 79.7 Å². The van der Waals surface area contributed by atoms with Crippen LogP contribution in [0.15, 0.2) is 52.2 Å². The highest BCUT2D eigenvalue weighted by molar-refractivity contribution is 6.30. The number of ether oxygens (including phenoxy) is 1. The van der Waals surface area contributed by atoms with Crippen LogP contribution in [0.1, 0.15) is 17.7 Å². The molecule has 0 aliphatic carbocycles. The van der Waals surface area contributed by atoms with Crippen molar-refractivity contribution in [3.63, 3.8) is 0 Å². The molecule has 32 heavy (non-hydrogen) atoms. The van der Waals surface area contributed by atoms with Crippen LogP contribution in [0.3, 0.4) is 0 Å². The van der Waals surface area contributed by atoms with E-state index >= 15 is 0 Å². The zero-order chi connectivity index (χ0) is 22.8. The summed E-state index contributed by atoms with van der Waals surface area (Å²) in [5, 5.41) is 9.67. The minimum atomic E-state index is -0.507. The second kappa shape index (κ2) is 8.97. The third-order valence-electron chi connectivity index (χ3n) is 5.14. The Kier molecular flexibility index (Phi) is 6.11. The Labute approximate surface area is 188 Å². The number of benzene rings is 1. The molecule has 0 fully saturated rings. The predicted octanol–water partition coefficient (Wildman–Crippen LogP) is 2.48. The third kappa shape index (κ3) is 4.04. The summed E-state index contributed by atoms with van der Waals surface area (Å²) in [5.74, 6) is 0.582. The van der Waals surface area contributed by atoms with Crippen LogP contribution in [-0.2, 0) is 20.1 Å². The molecular weight excluding hydrogens is 434 g/mol. The molecule has 0 atom stereocenters. The van der Waals surface area contributed by atoms with Crippen LogP contribution in [0, 0.1) is 6.92 Å². The first-order chi connectivity index (χ1) is 15.4. The van der Waals surface area contributed by atoms with Crippen LogP contribution in [0.25, 0.3) is 11.2 Å². The number of aliphatic hydroxyl groups excluding tert-OH is 1. The summed E-state index contributed by atoms with van der Waals surface area (Å²) in [6, 6.07) is 11.1. The lowest BCUT2D eigenvalue weighted by Crippen LogP contribution is -2.39. The number of hydrogen-bond donors (Lipinski definition) is 1. The van der Waals surface area contributed by atoms with Gasteiger partial charge in [0.1, 0.15) is 5.75 Å². The number of rotatable bonds is 7. The molecule has 3 heterocycles. The number of hydrogen-bond acceptors (Lipinski definition) is 6.